The molecule has 1 N–H and O–H groups in total. The highest BCUT2D eigenvalue weighted by atomic mass is 16.5. The first-order chi connectivity index (χ1) is 12.9. The molecule has 1 heterocycles. The Morgan fingerprint density at radius 2 is 1.93 bits per heavy atom. The zero-order valence-electron chi connectivity index (χ0n) is 15.7. The molecule has 0 aromatic heterocycles. The second-order valence-electron chi connectivity index (χ2n) is 6.64. The number of likely N-dealkylation sites (N-methyl/N-ethyl adjacent to an activating group) is 1. The number of amides is 2. The van der Waals surface area contributed by atoms with E-state index in [9.17, 15) is 14.4 Å². The average molecular weight is 366 g/mol. The average Bonchev–Trinajstić information content (AvgIpc) is 2.66. The fourth-order valence-electron chi connectivity index (χ4n) is 2.92. The van der Waals surface area contributed by atoms with Gasteiger partial charge in [0.25, 0.3) is 5.91 Å². The van der Waals surface area contributed by atoms with Crippen molar-refractivity contribution < 1.29 is 19.1 Å². The van der Waals surface area contributed by atoms with Gasteiger partial charge in [-0.3, -0.25) is 14.4 Å². The molecule has 2 aromatic rings. The Hall–Kier alpha value is -3.15. The van der Waals surface area contributed by atoms with Crippen LogP contribution < -0.4 is 15.0 Å². The maximum Gasteiger partial charge on any atom is 0.264 e. The van der Waals surface area contributed by atoms with Crippen LogP contribution in [0.3, 0.4) is 0 Å². The maximum atomic E-state index is 12.5. The van der Waals surface area contributed by atoms with E-state index in [0.29, 0.717) is 17.0 Å². The number of fused-ring (bicyclic) bond motifs is 1. The van der Waals surface area contributed by atoms with Crippen molar-refractivity contribution >= 4 is 29.0 Å². The van der Waals surface area contributed by atoms with Crippen LogP contribution in [-0.4, -0.2) is 31.3 Å². The quantitative estimate of drug-likeness (QED) is 0.824. The molecule has 0 atom stereocenters. The van der Waals surface area contributed by atoms with Gasteiger partial charge in [-0.25, -0.2) is 0 Å². The predicted octanol–water partition coefficient (Wildman–Crippen LogP) is 3.26. The van der Waals surface area contributed by atoms with E-state index in [0.717, 1.165) is 16.8 Å². The molecule has 0 radical (unpaired) electrons. The van der Waals surface area contributed by atoms with Gasteiger partial charge in [0.15, 0.2) is 12.4 Å². The van der Waals surface area contributed by atoms with Gasteiger partial charge in [0.1, 0.15) is 5.75 Å². The third-order valence-corrected chi connectivity index (χ3v) is 4.83. The summed E-state index contributed by atoms with van der Waals surface area (Å²) >= 11 is 0. The summed E-state index contributed by atoms with van der Waals surface area (Å²) < 4.78 is 5.36. The van der Waals surface area contributed by atoms with E-state index in [4.69, 9.17) is 4.74 Å². The predicted molar refractivity (Wildman–Crippen MR) is 103 cm³/mol. The van der Waals surface area contributed by atoms with E-state index in [-0.39, 0.29) is 37.0 Å². The Balaban J connectivity index is 1.63. The largest absolute Gasteiger partial charge is 0.482 e. The summed E-state index contributed by atoms with van der Waals surface area (Å²) in [6, 6.07) is 10.7. The van der Waals surface area contributed by atoms with Gasteiger partial charge < -0.3 is 15.0 Å². The molecule has 6 heteroatoms. The lowest BCUT2D eigenvalue weighted by atomic mass is 10.0. The third kappa shape index (κ3) is 4.00. The second-order valence-corrected chi connectivity index (χ2v) is 6.64. The number of benzene rings is 2. The molecular formula is C21H22N2O4. The first-order valence-corrected chi connectivity index (χ1v) is 8.79. The summed E-state index contributed by atoms with van der Waals surface area (Å²) in [5, 5.41) is 2.86. The van der Waals surface area contributed by atoms with Crippen molar-refractivity contribution in [2.75, 3.05) is 23.9 Å². The molecule has 27 heavy (non-hydrogen) atoms. The Morgan fingerprint density at radius 3 is 2.70 bits per heavy atom. The monoisotopic (exact) mass is 366 g/mol. The van der Waals surface area contributed by atoms with Crippen molar-refractivity contribution in [2.45, 2.75) is 26.7 Å². The van der Waals surface area contributed by atoms with Crippen molar-refractivity contribution in [3.63, 3.8) is 0 Å². The molecule has 140 valence electrons. The number of rotatable bonds is 5. The molecule has 0 bridgehead atoms. The number of nitrogens with one attached hydrogen (secondary N) is 1. The van der Waals surface area contributed by atoms with Gasteiger partial charge in [-0.15, -0.1) is 0 Å². The minimum Gasteiger partial charge on any atom is -0.482 e. The van der Waals surface area contributed by atoms with Crippen molar-refractivity contribution in [3.05, 3.63) is 53.1 Å². The fraction of sp³-hybridized carbons (Fsp3) is 0.286. The number of Topliss-reactive ketones (excluding diaryl/α,β-unsaturated/α-hetero) is 1. The summed E-state index contributed by atoms with van der Waals surface area (Å²) in [6.45, 7) is 3.93. The number of carbonyl (C=O) groups excluding carboxylic acids is 3. The van der Waals surface area contributed by atoms with E-state index in [1.54, 1.807) is 25.2 Å². The molecule has 0 saturated heterocycles. The number of nitrogens with zero attached hydrogens (tertiary/aromatic N) is 1. The highest BCUT2D eigenvalue weighted by Gasteiger charge is 2.23. The topological polar surface area (TPSA) is 75.7 Å². The standard InChI is InChI=1S/C21H22N2O4/c1-13-5-4-6-16(14(13)2)22-20(25)10-8-18(24)15-7-9-19-17(11-15)23(3)21(26)12-27-19/h4-7,9,11H,8,10,12H2,1-3H3,(H,22,25). The normalized spacial score (nSPS) is 13.0. The number of ether oxygens (including phenoxy) is 1. The van der Waals surface area contributed by atoms with Crippen LogP contribution in [0.4, 0.5) is 11.4 Å². The molecule has 0 saturated carbocycles. The summed E-state index contributed by atoms with van der Waals surface area (Å²) in [4.78, 5) is 37.9. The van der Waals surface area contributed by atoms with E-state index in [1.165, 1.54) is 4.90 Å². The molecule has 2 aromatic carbocycles. The smallest absolute Gasteiger partial charge is 0.264 e. The van der Waals surface area contributed by atoms with Crippen LogP contribution in [0.25, 0.3) is 0 Å². The SMILES string of the molecule is Cc1cccc(NC(=O)CCC(=O)c2ccc3c(c2)N(C)C(=O)CO3)c1C. The van der Waals surface area contributed by atoms with Crippen molar-refractivity contribution in [3.8, 4) is 5.75 Å². The van der Waals surface area contributed by atoms with Gasteiger partial charge in [-0.05, 0) is 49.2 Å². The number of hydrogen-bond donors (Lipinski definition) is 1. The Bertz CT molecular complexity index is 920. The lowest BCUT2D eigenvalue weighted by Gasteiger charge is -2.26. The minimum atomic E-state index is -0.203. The summed E-state index contributed by atoms with van der Waals surface area (Å²) in [5.41, 5.74) is 3.90. The van der Waals surface area contributed by atoms with Crippen LogP contribution >= 0.6 is 0 Å². The van der Waals surface area contributed by atoms with Crippen LogP contribution in [0.15, 0.2) is 36.4 Å². The zero-order valence-corrected chi connectivity index (χ0v) is 15.7. The second kappa shape index (κ2) is 7.61. The van der Waals surface area contributed by atoms with Gasteiger partial charge in [-0.2, -0.15) is 0 Å². The minimum absolute atomic E-state index is 0.00462. The molecule has 3 rings (SSSR count). The van der Waals surface area contributed by atoms with Crippen LogP contribution in [0.2, 0.25) is 0 Å². The van der Waals surface area contributed by atoms with Crippen LogP contribution in [0.1, 0.15) is 34.3 Å². The van der Waals surface area contributed by atoms with Crippen molar-refractivity contribution in [1.82, 2.24) is 0 Å². The Kier molecular flexibility index (Phi) is 5.26. The molecule has 0 unspecified atom stereocenters. The molecule has 0 aliphatic carbocycles. The number of ketones is 1. The molecular weight excluding hydrogens is 344 g/mol. The van der Waals surface area contributed by atoms with Gasteiger partial charge in [-0.1, -0.05) is 12.1 Å². The third-order valence-electron chi connectivity index (χ3n) is 4.83. The van der Waals surface area contributed by atoms with Gasteiger partial charge in [0, 0.05) is 31.1 Å². The summed E-state index contributed by atoms with van der Waals surface area (Å²) in [5.74, 6) is 0.0484. The molecule has 1 aliphatic heterocycles. The molecule has 0 spiro atoms. The number of hydrogen-bond acceptors (Lipinski definition) is 4. The number of aryl methyl sites for hydroxylation is 1. The Labute approximate surface area is 158 Å². The number of anilines is 2. The van der Waals surface area contributed by atoms with E-state index in [1.807, 2.05) is 32.0 Å². The summed E-state index contributed by atoms with van der Waals surface area (Å²) in [6.07, 6.45) is 0.183. The number of carbonyl (C=O) groups is 3. The maximum absolute atomic E-state index is 12.5. The van der Waals surface area contributed by atoms with Crippen LogP contribution in [0, 0.1) is 13.8 Å². The van der Waals surface area contributed by atoms with Crippen molar-refractivity contribution in [2.24, 2.45) is 0 Å². The van der Waals surface area contributed by atoms with E-state index < -0.39 is 0 Å². The van der Waals surface area contributed by atoms with Crippen molar-refractivity contribution in [1.29, 1.82) is 0 Å². The molecule has 0 fully saturated rings. The first-order valence-electron chi connectivity index (χ1n) is 8.79. The van der Waals surface area contributed by atoms with Gasteiger partial charge in [0.05, 0.1) is 5.69 Å². The lowest BCUT2D eigenvalue weighted by molar-refractivity contribution is -0.121. The fourth-order valence-corrected chi connectivity index (χ4v) is 2.92. The lowest BCUT2D eigenvalue weighted by Crippen LogP contribution is -2.35. The molecule has 1 aliphatic rings. The van der Waals surface area contributed by atoms with Crippen LogP contribution in [-0.2, 0) is 9.59 Å². The van der Waals surface area contributed by atoms with E-state index in [2.05, 4.69) is 5.32 Å². The molecule has 2 amide bonds. The zero-order chi connectivity index (χ0) is 19.6. The Morgan fingerprint density at radius 1 is 1.15 bits per heavy atom. The van der Waals surface area contributed by atoms with Gasteiger partial charge in [0.2, 0.25) is 5.91 Å². The van der Waals surface area contributed by atoms with Crippen LogP contribution in [0.5, 0.6) is 5.75 Å². The summed E-state index contributed by atoms with van der Waals surface area (Å²) in [7, 11) is 1.65. The first kappa shape index (κ1) is 18.6. The highest BCUT2D eigenvalue weighted by molar-refractivity contribution is 6.03. The highest BCUT2D eigenvalue weighted by Crippen LogP contribution is 2.32. The van der Waals surface area contributed by atoms with Gasteiger partial charge >= 0.3 is 0 Å². The van der Waals surface area contributed by atoms with E-state index >= 15 is 0 Å². The molecule has 6 nitrogen and oxygen atoms in total.